The lowest BCUT2D eigenvalue weighted by atomic mass is 9.91. The fourth-order valence-corrected chi connectivity index (χ4v) is 4.39. The molecule has 1 unspecified atom stereocenters. The Morgan fingerprint density at radius 1 is 1.10 bits per heavy atom. The number of halogens is 4. The Hall–Kier alpha value is -3.07. The van der Waals surface area contributed by atoms with Crippen molar-refractivity contribution >= 4 is 23.5 Å². The Balaban J connectivity index is 1.77. The maximum Gasteiger partial charge on any atom is 0.522 e. The zero-order valence-electron chi connectivity index (χ0n) is 21.6. The van der Waals surface area contributed by atoms with E-state index in [0.717, 1.165) is 6.07 Å². The molecule has 3 amide bonds. The molecule has 0 saturated carbocycles. The van der Waals surface area contributed by atoms with Gasteiger partial charge in [-0.1, -0.05) is 5.16 Å². The molecule has 2 aliphatic rings. The molecule has 218 valence electrons. The summed E-state index contributed by atoms with van der Waals surface area (Å²) < 4.78 is 65.7. The van der Waals surface area contributed by atoms with Crippen LogP contribution in [0.15, 0.2) is 10.6 Å². The largest absolute Gasteiger partial charge is 0.522 e. The normalized spacial score (nSPS) is 20.3. The SMILES string of the molecule is CC(C)(F)c1cc(C(=O)NC(CC2CCOCC2)C(=O)N[C@@H](C[C@@H]2CCNC2=O)C(=O)COC(F)(F)F)no1. The fourth-order valence-electron chi connectivity index (χ4n) is 4.39. The van der Waals surface area contributed by atoms with Crippen molar-refractivity contribution in [2.24, 2.45) is 11.8 Å². The van der Waals surface area contributed by atoms with Crippen molar-refractivity contribution < 1.29 is 50.7 Å². The molecule has 0 spiro atoms. The average molecular weight is 565 g/mol. The molecule has 3 N–H and O–H groups in total. The van der Waals surface area contributed by atoms with Gasteiger partial charge in [0.2, 0.25) is 11.8 Å². The molecular weight excluding hydrogens is 532 g/mol. The molecule has 11 nitrogen and oxygen atoms in total. The second-order valence-corrected chi connectivity index (χ2v) is 10.1. The Morgan fingerprint density at radius 3 is 2.36 bits per heavy atom. The molecule has 3 atom stereocenters. The van der Waals surface area contributed by atoms with Crippen LogP contribution in [0.2, 0.25) is 0 Å². The van der Waals surface area contributed by atoms with Gasteiger partial charge in [-0.25, -0.2) is 4.39 Å². The number of hydrogen-bond donors (Lipinski definition) is 3. The van der Waals surface area contributed by atoms with Crippen LogP contribution in [-0.2, 0) is 29.5 Å². The van der Waals surface area contributed by atoms with Crippen LogP contribution in [0.5, 0.6) is 0 Å². The number of alkyl halides is 4. The molecule has 1 aromatic heterocycles. The number of ketones is 1. The quantitative estimate of drug-likeness (QED) is 0.326. The van der Waals surface area contributed by atoms with Crippen molar-refractivity contribution in [3.63, 3.8) is 0 Å². The highest BCUT2D eigenvalue weighted by molar-refractivity contribution is 5.97. The average Bonchev–Trinajstić information content (AvgIpc) is 3.51. The van der Waals surface area contributed by atoms with Gasteiger partial charge in [0.05, 0.1) is 6.04 Å². The van der Waals surface area contributed by atoms with Crippen LogP contribution in [0.1, 0.15) is 62.2 Å². The first-order valence-electron chi connectivity index (χ1n) is 12.6. The minimum absolute atomic E-state index is 0.0456. The molecule has 3 rings (SSSR count). The van der Waals surface area contributed by atoms with Gasteiger partial charge in [-0.05, 0) is 51.9 Å². The zero-order valence-corrected chi connectivity index (χ0v) is 21.6. The summed E-state index contributed by atoms with van der Waals surface area (Å²) in [6, 6.07) is -1.61. The predicted molar refractivity (Wildman–Crippen MR) is 125 cm³/mol. The van der Waals surface area contributed by atoms with E-state index in [1.165, 1.54) is 13.8 Å². The highest BCUT2D eigenvalue weighted by Crippen LogP contribution is 2.26. The van der Waals surface area contributed by atoms with Crippen molar-refractivity contribution in [2.45, 2.75) is 70.1 Å². The lowest BCUT2D eigenvalue weighted by molar-refractivity contribution is -0.321. The number of hydrogen-bond acceptors (Lipinski definition) is 8. The Kier molecular flexibility index (Phi) is 10.0. The van der Waals surface area contributed by atoms with Crippen LogP contribution < -0.4 is 16.0 Å². The molecule has 0 radical (unpaired) electrons. The van der Waals surface area contributed by atoms with Crippen LogP contribution in [0.25, 0.3) is 0 Å². The van der Waals surface area contributed by atoms with E-state index in [0.29, 0.717) is 39.0 Å². The fraction of sp³-hybridized carbons (Fsp3) is 0.708. The van der Waals surface area contributed by atoms with E-state index >= 15 is 0 Å². The molecule has 15 heteroatoms. The lowest BCUT2D eigenvalue weighted by Crippen LogP contribution is -2.53. The number of carbonyl (C=O) groups is 4. The van der Waals surface area contributed by atoms with Crippen LogP contribution in [0.4, 0.5) is 17.6 Å². The standard InChI is InChI=1S/C24H32F4N4O7/c1-23(2,25)19-11-17(32-39-19)22(36)31-16(9-13-4-7-37-8-5-13)21(35)30-15(10-14-3-6-29-20(14)34)18(33)12-38-24(26,27)28/h11,13-16H,3-10,12H2,1-2H3,(H,29,34)(H,30,35)(H,31,36)/t14-,15-,16?/m0/s1. The van der Waals surface area contributed by atoms with Gasteiger partial charge in [-0.3, -0.25) is 23.9 Å². The third kappa shape index (κ3) is 9.27. The van der Waals surface area contributed by atoms with E-state index in [4.69, 9.17) is 9.26 Å². The molecule has 0 aromatic carbocycles. The lowest BCUT2D eigenvalue weighted by Gasteiger charge is -2.28. The van der Waals surface area contributed by atoms with Gasteiger partial charge in [-0.15, -0.1) is 13.2 Å². The third-order valence-electron chi connectivity index (χ3n) is 6.63. The van der Waals surface area contributed by atoms with Crippen molar-refractivity contribution in [1.82, 2.24) is 21.1 Å². The summed E-state index contributed by atoms with van der Waals surface area (Å²) >= 11 is 0. The van der Waals surface area contributed by atoms with E-state index < -0.39 is 54.2 Å². The summed E-state index contributed by atoms with van der Waals surface area (Å²) in [5.41, 5.74) is -2.20. The van der Waals surface area contributed by atoms with Crippen LogP contribution in [0.3, 0.4) is 0 Å². The molecule has 2 aliphatic heterocycles. The predicted octanol–water partition coefficient (Wildman–Crippen LogP) is 1.91. The Morgan fingerprint density at radius 2 is 1.79 bits per heavy atom. The Bertz CT molecular complexity index is 1030. The summed E-state index contributed by atoms with van der Waals surface area (Å²) in [7, 11) is 0. The van der Waals surface area contributed by atoms with Gasteiger partial charge in [0.1, 0.15) is 12.6 Å². The molecule has 0 aliphatic carbocycles. The topological polar surface area (TPSA) is 149 Å². The van der Waals surface area contributed by atoms with E-state index in [2.05, 4.69) is 25.8 Å². The Labute approximate surface area is 221 Å². The monoisotopic (exact) mass is 564 g/mol. The first-order valence-corrected chi connectivity index (χ1v) is 12.6. The summed E-state index contributed by atoms with van der Waals surface area (Å²) in [6.07, 6.45) is -3.67. The summed E-state index contributed by atoms with van der Waals surface area (Å²) in [5.74, 6) is -4.11. The van der Waals surface area contributed by atoms with Gasteiger partial charge in [0.15, 0.2) is 22.9 Å². The van der Waals surface area contributed by atoms with E-state index in [-0.39, 0.29) is 36.1 Å². The van der Waals surface area contributed by atoms with Gasteiger partial charge in [0, 0.05) is 31.7 Å². The van der Waals surface area contributed by atoms with Gasteiger partial charge in [-0.2, -0.15) is 0 Å². The first-order chi connectivity index (χ1) is 18.2. The molecule has 3 heterocycles. The molecule has 39 heavy (non-hydrogen) atoms. The van der Waals surface area contributed by atoms with Crippen molar-refractivity contribution in [2.75, 3.05) is 26.4 Å². The number of nitrogens with zero attached hydrogens (tertiary/aromatic N) is 1. The third-order valence-corrected chi connectivity index (χ3v) is 6.63. The smallest absolute Gasteiger partial charge is 0.381 e. The number of nitrogens with one attached hydrogen (secondary N) is 3. The van der Waals surface area contributed by atoms with Crippen LogP contribution in [-0.4, -0.2) is 73.5 Å². The molecule has 2 fully saturated rings. The van der Waals surface area contributed by atoms with Gasteiger partial charge < -0.3 is 25.2 Å². The first kappa shape index (κ1) is 30.5. The maximum absolute atomic E-state index is 14.2. The van der Waals surface area contributed by atoms with Gasteiger partial charge in [0.25, 0.3) is 5.91 Å². The highest BCUT2D eigenvalue weighted by atomic mass is 19.4. The number of carbonyl (C=O) groups excluding carboxylic acids is 4. The molecule has 0 bridgehead atoms. The molecular formula is C24H32F4N4O7. The maximum atomic E-state index is 14.2. The number of amides is 3. The second kappa shape index (κ2) is 12.9. The minimum atomic E-state index is -5.07. The van der Waals surface area contributed by atoms with E-state index in [9.17, 15) is 36.7 Å². The van der Waals surface area contributed by atoms with E-state index in [1.54, 1.807) is 0 Å². The van der Waals surface area contributed by atoms with E-state index in [1.807, 2.05) is 0 Å². The van der Waals surface area contributed by atoms with Crippen LogP contribution >= 0.6 is 0 Å². The minimum Gasteiger partial charge on any atom is -0.381 e. The molecule has 2 saturated heterocycles. The summed E-state index contributed by atoms with van der Waals surface area (Å²) in [4.78, 5) is 50.9. The summed E-state index contributed by atoms with van der Waals surface area (Å²) in [5, 5.41) is 11.0. The van der Waals surface area contributed by atoms with Crippen LogP contribution in [0, 0.1) is 11.8 Å². The van der Waals surface area contributed by atoms with Crippen molar-refractivity contribution in [3.05, 3.63) is 17.5 Å². The van der Waals surface area contributed by atoms with Gasteiger partial charge >= 0.3 is 6.36 Å². The number of ether oxygens (including phenoxy) is 2. The van der Waals surface area contributed by atoms with Crippen molar-refractivity contribution in [1.29, 1.82) is 0 Å². The van der Waals surface area contributed by atoms with Crippen molar-refractivity contribution in [3.8, 4) is 0 Å². The number of aromatic nitrogens is 1. The number of Topliss-reactive ketones (excluding diaryl/α,β-unsaturated/α-hetero) is 1. The summed E-state index contributed by atoms with van der Waals surface area (Å²) in [6.45, 7) is 2.27. The number of rotatable bonds is 12. The molecule has 1 aromatic rings. The second-order valence-electron chi connectivity index (χ2n) is 10.1. The highest BCUT2D eigenvalue weighted by Gasteiger charge is 2.37. The zero-order chi connectivity index (χ0) is 28.8.